The molecule has 0 unspecified atom stereocenters. The number of amides is 1. The highest BCUT2D eigenvalue weighted by Gasteiger charge is 2.28. The third-order valence-electron chi connectivity index (χ3n) is 6.53. The van der Waals surface area contributed by atoms with Crippen LogP contribution in [0.2, 0.25) is 5.02 Å². The molecule has 7 heteroatoms. The first-order chi connectivity index (χ1) is 16.8. The van der Waals surface area contributed by atoms with Crippen LogP contribution in [-0.2, 0) is 27.7 Å². The van der Waals surface area contributed by atoms with E-state index in [-0.39, 0.29) is 23.4 Å². The molecule has 0 saturated carbocycles. The first-order valence-corrected chi connectivity index (χ1v) is 13.9. The number of nitrogens with zero attached hydrogens (tertiary/aromatic N) is 1. The van der Waals surface area contributed by atoms with Gasteiger partial charge in [-0.1, -0.05) is 54.4 Å². The zero-order valence-electron chi connectivity index (χ0n) is 20.1. The van der Waals surface area contributed by atoms with Crippen molar-refractivity contribution in [2.45, 2.75) is 56.9 Å². The summed E-state index contributed by atoms with van der Waals surface area (Å²) in [6, 6.07) is 19.3. The Morgan fingerprint density at radius 2 is 1.63 bits per heavy atom. The van der Waals surface area contributed by atoms with Gasteiger partial charge in [0.05, 0.1) is 16.6 Å². The summed E-state index contributed by atoms with van der Waals surface area (Å²) < 4.78 is 28.3. The standard InChI is InChI=1S/C28H31ClN2O3S/c1-3-27(23-11-10-21-6-4-5-7-22(21)18-23)30-28(32)19-31(25-14-8-20(2)9-15-25)35(33,34)26-16-12-24(29)13-17-26/h8-18,27H,3-7,19H2,1-2H3,(H,30,32)/t27-/m1/s1. The normalized spacial score (nSPS) is 14.1. The third kappa shape index (κ3) is 5.88. The smallest absolute Gasteiger partial charge is 0.264 e. The van der Waals surface area contributed by atoms with Crippen LogP contribution in [0.15, 0.2) is 71.6 Å². The molecule has 3 aromatic rings. The van der Waals surface area contributed by atoms with E-state index in [0.717, 1.165) is 28.3 Å². The summed E-state index contributed by atoms with van der Waals surface area (Å²) in [5.41, 5.74) is 5.24. The minimum atomic E-state index is -3.98. The third-order valence-corrected chi connectivity index (χ3v) is 8.57. The van der Waals surface area contributed by atoms with Crippen molar-refractivity contribution in [2.24, 2.45) is 0 Å². The molecule has 35 heavy (non-hydrogen) atoms. The number of benzene rings is 3. The quantitative estimate of drug-likeness (QED) is 0.404. The molecule has 5 nitrogen and oxygen atoms in total. The lowest BCUT2D eigenvalue weighted by Crippen LogP contribution is -2.42. The van der Waals surface area contributed by atoms with Gasteiger partial charge in [-0.3, -0.25) is 9.10 Å². The number of rotatable bonds is 8. The van der Waals surface area contributed by atoms with Crippen molar-refractivity contribution in [3.63, 3.8) is 0 Å². The summed E-state index contributed by atoms with van der Waals surface area (Å²) in [7, 11) is -3.98. The first-order valence-electron chi connectivity index (χ1n) is 12.0. The second-order valence-corrected chi connectivity index (χ2v) is 11.4. The van der Waals surface area contributed by atoms with Crippen molar-refractivity contribution in [2.75, 3.05) is 10.8 Å². The number of aryl methyl sites for hydroxylation is 3. The van der Waals surface area contributed by atoms with Gasteiger partial charge in [-0.25, -0.2) is 8.42 Å². The van der Waals surface area contributed by atoms with E-state index in [4.69, 9.17) is 11.6 Å². The molecule has 1 atom stereocenters. The molecule has 4 rings (SSSR count). The zero-order valence-corrected chi connectivity index (χ0v) is 21.7. The van der Waals surface area contributed by atoms with Crippen LogP contribution in [0.3, 0.4) is 0 Å². The molecular weight excluding hydrogens is 480 g/mol. The summed E-state index contributed by atoms with van der Waals surface area (Å²) in [6.45, 7) is 3.63. The summed E-state index contributed by atoms with van der Waals surface area (Å²) in [4.78, 5) is 13.3. The van der Waals surface area contributed by atoms with E-state index in [1.807, 2.05) is 26.0 Å². The minimum Gasteiger partial charge on any atom is -0.348 e. The SMILES string of the molecule is CC[C@@H](NC(=O)CN(c1ccc(C)cc1)S(=O)(=O)c1ccc(Cl)cc1)c1ccc2c(c1)CCCC2. The Labute approximate surface area is 213 Å². The van der Waals surface area contributed by atoms with Crippen LogP contribution in [0, 0.1) is 6.92 Å². The Morgan fingerprint density at radius 1 is 0.971 bits per heavy atom. The Hall–Kier alpha value is -2.83. The van der Waals surface area contributed by atoms with Gasteiger partial charge >= 0.3 is 0 Å². The van der Waals surface area contributed by atoms with Crippen molar-refractivity contribution in [1.29, 1.82) is 0 Å². The van der Waals surface area contributed by atoms with Gasteiger partial charge in [0.1, 0.15) is 6.54 Å². The molecule has 1 aliphatic carbocycles. The number of carbonyl (C=O) groups is 1. The second kappa shape index (κ2) is 10.8. The molecule has 0 aliphatic heterocycles. The van der Waals surface area contributed by atoms with E-state index >= 15 is 0 Å². The maximum Gasteiger partial charge on any atom is 0.264 e. The van der Waals surface area contributed by atoms with Crippen molar-refractivity contribution in [1.82, 2.24) is 5.32 Å². The molecular formula is C28H31ClN2O3S. The fourth-order valence-electron chi connectivity index (χ4n) is 4.52. The van der Waals surface area contributed by atoms with Crippen LogP contribution < -0.4 is 9.62 Å². The monoisotopic (exact) mass is 510 g/mol. The number of hydrogen-bond acceptors (Lipinski definition) is 3. The van der Waals surface area contributed by atoms with Crippen LogP contribution in [-0.4, -0.2) is 20.9 Å². The van der Waals surface area contributed by atoms with Gasteiger partial charge in [0.15, 0.2) is 0 Å². The van der Waals surface area contributed by atoms with Gasteiger partial charge < -0.3 is 5.32 Å². The van der Waals surface area contributed by atoms with Crippen molar-refractivity contribution in [3.05, 3.63) is 94.0 Å². The zero-order chi connectivity index (χ0) is 25.0. The van der Waals surface area contributed by atoms with E-state index < -0.39 is 10.0 Å². The maximum atomic E-state index is 13.6. The first kappa shape index (κ1) is 25.3. The predicted molar refractivity (Wildman–Crippen MR) is 141 cm³/mol. The Bertz CT molecular complexity index is 1290. The van der Waals surface area contributed by atoms with E-state index in [1.165, 1.54) is 48.2 Å². The summed E-state index contributed by atoms with van der Waals surface area (Å²) in [6.07, 6.45) is 5.28. The highest BCUT2D eigenvalue weighted by Crippen LogP contribution is 2.27. The van der Waals surface area contributed by atoms with Gasteiger partial charge in [0.25, 0.3) is 10.0 Å². The molecule has 1 N–H and O–H groups in total. The number of anilines is 1. The summed E-state index contributed by atoms with van der Waals surface area (Å²) in [5.74, 6) is -0.354. The molecule has 1 amide bonds. The Kier molecular flexibility index (Phi) is 7.82. The molecule has 0 saturated heterocycles. The number of carbonyl (C=O) groups excluding carboxylic acids is 1. The lowest BCUT2D eigenvalue weighted by molar-refractivity contribution is -0.120. The highest BCUT2D eigenvalue weighted by atomic mass is 35.5. The molecule has 3 aromatic carbocycles. The van der Waals surface area contributed by atoms with Crippen LogP contribution in [0.1, 0.15) is 54.5 Å². The molecule has 184 valence electrons. The molecule has 0 aromatic heterocycles. The van der Waals surface area contributed by atoms with Crippen molar-refractivity contribution >= 4 is 33.2 Å². The topological polar surface area (TPSA) is 66.5 Å². The second-order valence-electron chi connectivity index (χ2n) is 9.06. The van der Waals surface area contributed by atoms with Gasteiger partial charge in [-0.2, -0.15) is 0 Å². The average molecular weight is 511 g/mol. The number of nitrogens with one attached hydrogen (secondary N) is 1. The fourth-order valence-corrected chi connectivity index (χ4v) is 6.07. The lowest BCUT2D eigenvalue weighted by atomic mass is 9.89. The van der Waals surface area contributed by atoms with E-state index in [9.17, 15) is 13.2 Å². The lowest BCUT2D eigenvalue weighted by Gasteiger charge is -2.26. The largest absolute Gasteiger partial charge is 0.348 e. The van der Waals surface area contributed by atoms with Crippen LogP contribution >= 0.6 is 11.6 Å². The summed E-state index contributed by atoms with van der Waals surface area (Å²) in [5, 5.41) is 3.51. The molecule has 1 aliphatic rings. The van der Waals surface area contributed by atoms with E-state index in [1.54, 1.807) is 12.1 Å². The van der Waals surface area contributed by atoms with Crippen molar-refractivity contribution in [3.8, 4) is 0 Å². The molecule has 0 fully saturated rings. The van der Waals surface area contributed by atoms with Crippen LogP contribution in [0.5, 0.6) is 0 Å². The Balaban J connectivity index is 1.59. The summed E-state index contributed by atoms with van der Waals surface area (Å²) >= 11 is 5.96. The molecule has 0 heterocycles. The van der Waals surface area contributed by atoms with Crippen molar-refractivity contribution < 1.29 is 13.2 Å². The number of hydrogen-bond donors (Lipinski definition) is 1. The number of sulfonamides is 1. The maximum absolute atomic E-state index is 13.6. The van der Waals surface area contributed by atoms with Gasteiger partial charge in [0, 0.05) is 5.02 Å². The number of fused-ring (bicyclic) bond motifs is 1. The predicted octanol–water partition coefficient (Wildman–Crippen LogP) is 5.99. The van der Waals surface area contributed by atoms with Crippen LogP contribution in [0.4, 0.5) is 5.69 Å². The molecule has 0 spiro atoms. The van der Waals surface area contributed by atoms with Crippen LogP contribution in [0.25, 0.3) is 0 Å². The molecule has 0 radical (unpaired) electrons. The van der Waals surface area contributed by atoms with Gasteiger partial charge in [-0.15, -0.1) is 0 Å². The Morgan fingerprint density at radius 3 is 2.29 bits per heavy atom. The fraction of sp³-hybridized carbons (Fsp3) is 0.321. The highest BCUT2D eigenvalue weighted by molar-refractivity contribution is 7.92. The van der Waals surface area contributed by atoms with E-state index in [2.05, 4.69) is 23.5 Å². The minimum absolute atomic E-state index is 0.0806. The van der Waals surface area contributed by atoms with Gasteiger partial charge in [0.2, 0.25) is 5.91 Å². The molecule has 0 bridgehead atoms. The van der Waals surface area contributed by atoms with E-state index in [0.29, 0.717) is 17.1 Å². The average Bonchev–Trinajstić information content (AvgIpc) is 2.86. The number of halogens is 1. The van der Waals surface area contributed by atoms with Gasteiger partial charge in [-0.05, 0) is 92.1 Å².